The number of hydrogen-bond acceptors (Lipinski definition) is 4. The third-order valence-electron chi connectivity index (χ3n) is 4.42. The predicted octanol–water partition coefficient (Wildman–Crippen LogP) is 4.29. The van der Waals surface area contributed by atoms with Crippen molar-refractivity contribution in [2.45, 2.75) is 16.0 Å². The largest absolute Gasteiger partial charge is 0.618 e. The molecule has 0 radical (unpaired) electrons. The highest BCUT2D eigenvalue weighted by molar-refractivity contribution is 8.00. The molecule has 1 aliphatic rings. The Bertz CT molecular complexity index is 950. The second kappa shape index (κ2) is 8.06. The molecule has 2 heterocycles. The molecular formula is C21H18N2O2S2. The number of nitrogens with zero attached hydrogens (tertiary/aromatic N) is 2. The molecule has 136 valence electrons. The van der Waals surface area contributed by atoms with Crippen molar-refractivity contribution in [3.8, 4) is 0 Å². The Kier molecular flexibility index (Phi) is 5.36. The number of para-hydroxylation sites is 1. The Labute approximate surface area is 166 Å². The average Bonchev–Trinajstić information content (AvgIpc) is 2.72. The monoisotopic (exact) mass is 394 g/mol. The number of carbonyl (C=O) groups excluding carboxylic acids is 1. The van der Waals surface area contributed by atoms with E-state index in [2.05, 4.69) is 18.2 Å². The summed E-state index contributed by atoms with van der Waals surface area (Å²) in [5.41, 5.74) is 2.06. The van der Waals surface area contributed by atoms with Crippen LogP contribution >= 0.6 is 23.5 Å². The molecule has 0 bridgehead atoms. The average molecular weight is 395 g/mol. The van der Waals surface area contributed by atoms with Gasteiger partial charge in [-0.15, -0.1) is 11.8 Å². The van der Waals surface area contributed by atoms with E-state index in [0.717, 1.165) is 26.6 Å². The van der Waals surface area contributed by atoms with Crippen molar-refractivity contribution >= 4 is 35.1 Å². The molecule has 0 fully saturated rings. The molecule has 0 spiro atoms. The van der Waals surface area contributed by atoms with Crippen LogP contribution in [0, 0.1) is 5.21 Å². The van der Waals surface area contributed by atoms with Gasteiger partial charge in [0.2, 0.25) is 5.91 Å². The van der Waals surface area contributed by atoms with Gasteiger partial charge in [0.15, 0.2) is 6.20 Å². The highest BCUT2D eigenvalue weighted by Gasteiger charge is 2.32. The Hall–Kier alpha value is -2.44. The number of hydrogen-bond donors (Lipinski definition) is 0. The van der Waals surface area contributed by atoms with E-state index in [1.54, 1.807) is 30.0 Å². The first-order valence-corrected chi connectivity index (χ1v) is 10.6. The number of pyridine rings is 1. The molecule has 1 atom stereocenters. The summed E-state index contributed by atoms with van der Waals surface area (Å²) in [7, 11) is 0. The van der Waals surface area contributed by atoms with Gasteiger partial charge < -0.3 is 10.1 Å². The molecular weight excluding hydrogens is 376 g/mol. The van der Waals surface area contributed by atoms with E-state index < -0.39 is 0 Å². The molecule has 0 aliphatic carbocycles. The van der Waals surface area contributed by atoms with E-state index in [0.29, 0.717) is 5.03 Å². The maximum absolute atomic E-state index is 13.2. The summed E-state index contributed by atoms with van der Waals surface area (Å²) in [5, 5.41) is 12.4. The van der Waals surface area contributed by atoms with E-state index >= 15 is 0 Å². The third-order valence-corrected chi connectivity index (χ3v) is 6.56. The maximum atomic E-state index is 13.2. The standard InChI is InChI=1S/C21H18N2O2S2/c24-20(15-27-21-12-6-7-13-22(21)25)23-17-10-4-5-11-19(17)26-14-18(23)16-8-2-1-3-9-16/h1-13,18H,14-15H2/t18-/m0/s1. The zero-order valence-corrected chi connectivity index (χ0v) is 16.2. The minimum absolute atomic E-state index is 0.00505. The summed E-state index contributed by atoms with van der Waals surface area (Å²) in [6.07, 6.45) is 1.45. The number of benzene rings is 2. The first kappa shape index (κ1) is 17.9. The molecule has 0 saturated heterocycles. The zero-order chi connectivity index (χ0) is 18.6. The Morgan fingerprint density at radius 1 is 1.07 bits per heavy atom. The van der Waals surface area contributed by atoms with Gasteiger partial charge >= 0.3 is 0 Å². The highest BCUT2D eigenvalue weighted by Crippen LogP contribution is 2.43. The lowest BCUT2D eigenvalue weighted by molar-refractivity contribution is -0.645. The SMILES string of the molecule is O=C(CSc1cccc[n+]1[O-])N1c2ccccc2SC[C@H]1c1ccccc1. The van der Waals surface area contributed by atoms with Crippen LogP contribution in [0.25, 0.3) is 0 Å². The number of carbonyl (C=O) groups is 1. The van der Waals surface area contributed by atoms with Crippen molar-refractivity contribution in [1.29, 1.82) is 0 Å². The van der Waals surface area contributed by atoms with Gasteiger partial charge in [-0.2, -0.15) is 4.73 Å². The van der Waals surface area contributed by atoms with Gasteiger partial charge in [0.1, 0.15) is 0 Å². The van der Waals surface area contributed by atoms with Crippen LogP contribution in [-0.4, -0.2) is 17.4 Å². The van der Waals surface area contributed by atoms with E-state index in [1.807, 2.05) is 41.3 Å². The van der Waals surface area contributed by atoms with E-state index in [9.17, 15) is 10.0 Å². The van der Waals surface area contributed by atoms with Crippen molar-refractivity contribution in [3.05, 3.63) is 89.8 Å². The molecule has 1 amide bonds. The molecule has 6 heteroatoms. The van der Waals surface area contributed by atoms with Gasteiger partial charge in [-0.05, 0) is 35.5 Å². The quantitative estimate of drug-likeness (QED) is 0.376. The van der Waals surface area contributed by atoms with Crippen LogP contribution in [0.4, 0.5) is 5.69 Å². The summed E-state index contributed by atoms with van der Waals surface area (Å²) >= 11 is 3.05. The minimum Gasteiger partial charge on any atom is -0.618 e. The van der Waals surface area contributed by atoms with Crippen LogP contribution in [0.1, 0.15) is 11.6 Å². The molecule has 2 aromatic carbocycles. The number of fused-ring (bicyclic) bond motifs is 1. The molecule has 3 aromatic rings. The van der Waals surface area contributed by atoms with Crippen molar-refractivity contribution in [2.75, 3.05) is 16.4 Å². The summed E-state index contributed by atoms with van der Waals surface area (Å²) in [6.45, 7) is 0. The first-order valence-electron chi connectivity index (χ1n) is 8.64. The van der Waals surface area contributed by atoms with Gasteiger partial charge in [0.25, 0.3) is 5.03 Å². The number of anilines is 1. The third kappa shape index (κ3) is 3.82. The van der Waals surface area contributed by atoms with Crippen LogP contribution < -0.4 is 9.63 Å². The molecule has 1 aromatic heterocycles. The van der Waals surface area contributed by atoms with E-state index in [1.165, 1.54) is 18.0 Å². The Morgan fingerprint density at radius 3 is 2.63 bits per heavy atom. The van der Waals surface area contributed by atoms with Crippen LogP contribution in [0.15, 0.2) is 88.9 Å². The lowest BCUT2D eigenvalue weighted by Gasteiger charge is -2.37. The zero-order valence-electron chi connectivity index (χ0n) is 14.5. The van der Waals surface area contributed by atoms with Gasteiger partial charge in [0.05, 0.1) is 17.5 Å². The normalized spacial score (nSPS) is 16.0. The van der Waals surface area contributed by atoms with Gasteiger partial charge in [-0.25, -0.2) is 0 Å². The first-order chi connectivity index (χ1) is 13.2. The molecule has 1 aliphatic heterocycles. The molecule has 0 unspecified atom stereocenters. The molecule has 4 nitrogen and oxygen atoms in total. The van der Waals surface area contributed by atoms with Gasteiger partial charge in [-0.3, -0.25) is 4.79 Å². The molecule has 0 N–H and O–H groups in total. The fourth-order valence-corrected chi connectivity index (χ4v) is 5.09. The number of aromatic nitrogens is 1. The van der Waals surface area contributed by atoms with Gasteiger partial charge in [-0.1, -0.05) is 42.5 Å². The second-order valence-electron chi connectivity index (χ2n) is 6.12. The van der Waals surface area contributed by atoms with Crippen molar-refractivity contribution in [2.24, 2.45) is 0 Å². The van der Waals surface area contributed by atoms with Crippen LogP contribution in [0.5, 0.6) is 0 Å². The number of amides is 1. The number of thioether (sulfide) groups is 2. The Morgan fingerprint density at radius 2 is 1.81 bits per heavy atom. The maximum Gasteiger partial charge on any atom is 0.251 e. The van der Waals surface area contributed by atoms with Crippen LogP contribution in [0.3, 0.4) is 0 Å². The number of rotatable bonds is 4. The lowest BCUT2D eigenvalue weighted by atomic mass is 10.1. The van der Waals surface area contributed by atoms with Crippen molar-refractivity contribution < 1.29 is 9.52 Å². The molecule has 0 saturated carbocycles. The Balaban J connectivity index is 1.63. The van der Waals surface area contributed by atoms with Crippen molar-refractivity contribution in [3.63, 3.8) is 0 Å². The fraction of sp³-hybridized carbons (Fsp3) is 0.143. The second-order valence-corrected chi connectivity index (χ2v) is 8.18. The summed E-state index contributed by atoms with van der Waals surface area (Å²) in [5.74, 6) is 1.03. The lowest BCUT2D eigenvalue weighted by Crippen LogP contribution is -2.40. The van der Waals surface area contributed by atoms with Crippen LogP contribution in [-0.2, 0) is 4.79 Å². The minimum atomic E-state index is -0.0191. The molecule has 4 rings (SSSR count). The van der Waals surface area contributed by atoms with Gasteiger partial charge in [0, 0.05) is 22.8 Å². The van der Waals surface area contributed by atoms with Crippen molar-refractivity contribution in [1.82, 2.24) is 0 Å². The fourth-order valence-electron chi connectivity index (χ4n) is 3.15. The van der Waals surface area contributed by atoms with Crippen LogP contribution in [0.2, 0.25) is 0 Å². The summed E-state index contributed by atoms with van der Waals surface area (Å²) < 4.78 is 0.798. The topological polar surface area (TPSA) is 47.2 Å². The van der Waals surface area contributed by atoms with E-state index in [-0.39, 0.29) is 17.7 Å². The van der Waals surface area contributed by atoms with E-state index in [4.69, 9.17) is 0 Å². The summed E-state index contributed by atoms with van der Waals surface area (Å²) in [4.78, 5) is 16.2. The molecule has 27 heavy (non-hydrogen) atoms. The predicted molar refractivity (Wildman–Crippen MR) is 110 cm³/mol. The highest BCUT2D eigenvalue weighted by atomic mass is 32.2. The smallest absolute Gasteiger partial charge is 0.251 e. The summed E-state index contributed by atoms with van der Waals surface area (Å²) in [6, 6.07) is 23.3.